The first-order chi connectivity index (χ1) is 10.4. The Morgan fingerprint density at radius 1 is 1.41 bits per heavy atom. The molecule has 2 aliphatic rings. The molecule has 1 aliphatic carbocycles. The van der Waals surface area contributed by atoms with Crippen LogP contribution in [-0.2, 0) is 21.1 Å². The Kier molecular flexibility index (Phi) is 4.44. The average Bonchev–Trinajstić information content (AvgIpc) is 3.04. The molecule has 3 rings (SSSR count). The van der Waals surface area contributed by atoms with Crippen LogP contribution in [0, 0.1) is 5.92 Å². The predicted octanol–water partition coefficient (Wildman–Crippen LogP) is 0.806. The summed E-state index contributed by atoms with van der Waals surface area (Å²) in [7, 11) is -2.89. The van der Waals surface area contributed by atoms with Gasteiger partial charge in [0, 0.05) is 12.5 Å². The van der Waals surface area contributed by atoms with Crippen molar-refractivity contribution in [3.63, 3.8) is 0 Å². The van der Waals surface area contributed by atoms with Gasteiger partial charge >= 0.3 is 0 Å². The summed E-state index contributed by atoms with van der Waals surface area (Å²) >= 11 is 1.23. The Morgan fingerprint density at radius 3 is 2.82 bits per heavy atom. The number of carbonyl (C=O) groups is 1. The second-order valence-electron chi connectivity index (χ2n) is 5.98. The largest absolute Gasteiger partial charge is 0.416 e. The van der Waals surface area contributed by atoms with E-state index in [4.69, 9.17) is 4.42 Å². The molecule has 1 aromatic heterocycles. The fourth-order valence-electron chi connectivity index (χ4n) is 2.40. The number of sulfone groups is 1. The summed E-state index contributed by atoms with van der Waals surface area (Å²) < 4.78 is 28.4. The minimum atomic E-state index is -2.89. The number of nitrogens with zero attached hydrogens (tertiary/aromatic N) is 2. The molecule has 1 saturated heterocycles. The van der Waals surface area contributed by atoms with Gasteiger partial charge in [-0.25, -0.2) is 8.42 Å². The fraction of sp³-hybridized carbons (Fsp3) is 0.769. The van der Waals surface area contributed by atoms with Crippen LogP contribution in [-0.4, -0.2) is 47.3 Å². The van der Waals surface area contributed by atoms with Crippen LogP contribution < -0.4 is 5.32 Å². The molecular weight excluding hydrogens is 326 g/mol. The van der Waals surface area contributed by atoms with Crippen LogP contribution in [0.1, 0.15) is 32.1 Å². The van der Waals surface area contributed by atoms with Crippen LogP contribution in [0.5, 0.6) is 0 Å². The van der Waals surface area contributed by atoms with Crippen molar-refractivity contribution < 1.29 is 17.6 Å². The molecule has 0 radical (unpaired) electrons. The van der Waals surface area contributed by atoms with Crippen molar-refractivity contribution in [3.05, 3.63) is 5.89 Å². The molecule has 2 heterocycles. The first-order valence-corrected chi connectivity index (χ1v) is 10.1. The number of thioether (sulfide) groups is 1. The highest BCUT2D eigenvalue weighted by molar-refractivity contribution is 8.00. The van der Waals surface area contributed by atoms with E-state index in [0.717, 1.165) is 12.8 Å². The molecule has 7 nitrogen and oxygen atoms in total. The number of carbonyl (C=O) groups excluding carboxylic acids is 1. The van der Waals surface area contributed by atoms with Crippen molar-refractivity contribution in [2.45, 2.75) is 49.1 Å². The van der Waals surface area contributed by atoms with Gasteiger partial charge in [0.25, 0.3) is 5.22 Å². The van der Waals surface area contributed by atoms with E-state index >= 15 is 0 Å². The highest BCUT2D eigenvalue weighted by atomic mass is 32.2. The topological polar surface area (TPSA) is 102 Å². The zero-order valence-electron chi connectivity index (χ0n) is 12.3. The molecule has 2 fully saturated rings. The summed E-state index contributed by atoms with van der Waals surface area (Å²) in [5.74, 6) is 0.913. The Balaban J connectivity index is 1.51. The molecule has 22 heavy (non-hydrogen) atoms. The minimum absolute atomic E-state index is 0.0193. The summed E-state index contributed by atoms with van der Waals surface area (Å²) in [6.07, 6.45) is 3.24. The number of hydrogen-bond donors (Lipinski definition) is 1. The first-order valence-electron chi connectivity index (χ1n) is 7.41. The molecule has 0 unspecified atom stereocenters. The molecule has 2 atom stereocenters. The minimum Gasteiger partial charge on any atom is -0.416 e. The third-order valence-corrected chi connectivity index (χ3v) is 6.58. The Morgan fingerprint density at radius 2 is 2.18 bits per heavy atom. The lowest BCUT2D eigenvalue weighted by Crippen LogP contribution is -2.32. The maximum absolute atomic E-state index is 11.9. The second kappa shape index (κ2) is 6.19. The molecule has 0 aromatic carbocycles. The summed E-state index contributed by atoms with van der Waals surface area (Å²) in [5.41, 5.74) is 0. The van der Waals surface area contributed by atoms with Crippen molar-refractivity contribution in [2.75, 3.05) is 11.5 Å². The monoisotopic (exact) mass is 345 g/mol. The summed E-state index contributed by atoms with van der Waals surface area (Å²) in [6, 6.07) is 0.332. The van der Waals surface area contributed by atoms with E-state index in [1.807, 2.05) is 0 Å². The van der Waals surface area contributed by atoms with Crippen molar-refractivity contribution in [1.82, 2.24) is 15.5 Å². The summed E-state index contributed by atoms with van der Waals surface area (Å²) in [6.45, 7) is 1.80. The van der Waals surface area contributed by atoms with Crippen molar-refractivity contribution >= 4 is 27.5 Å². The molecule has 9 heteroatoms. The van der Waals surface area contributed by atoms with Gasteiger partial charge in [-0.3, -0.25) is 4.79 Å². The van der Waals surface area contributed by atoms with Crippen LogP contribution in [0.4, 0.5) is 0 Å². The molecule has 1 saturated carbocycles. The third kappa shape index (κ3) is 4.22. The van der Waals surface area contributed by atoms with Crippen molar-refractivity contribution in [3.8, 4) is 0 Å². The van der Waals surface area contributed by atoms with Gasteiger partial charge in [-0.15, -0.1) is 10.2 Å². The van der Waals surface area contributed by atoms with Crippen molar-refractivity contribution in [2.24, 2.45) is 5.92 Å². The van der Waals surface area contributed by atoms with Gasteiger partial charge in [0.2, 0.25) is 11.8 Å². The quantitative estimate of drug-likeness (QED) is 0.761. The van der Waals surface area contributed by atoms with E-state index in [2.05, 4.69) is 15.5 Å². The highest BCUT2D eigenvalue weighted by Gasteiger charge is 2.30. The lowest BCUT2D eigenvalue weighted by atomic mass is 10.1. The van der Waals surface area contributed by atoms with Gasteiger partial charge in [-0.05, 0) is 32.1 Å². The van der Waals surface area contributed by atoms with Crippen LogP contribution in [0.2, 0.25) is 0 Å². The van der Waals surface area contributed by atoms with Crippen LogP contribution >= 0.6 is 11.8 Å². The van der Waals surface area contributed by atoms with Gasteiger partial charge in [-0.1, -0.05) is 11.8 Å². The molecule has 1 N–H and O–H groups in total. The lowest BCUT2D eigenvalue weighted by molar-refractivity contribution is -0.120. The number of amides is 1. The van der Waals surface area contributed by atoms with Gasteiger partial charge < -0.3 is 9.73 Å². The van der Waals surface area contributed by atoms with E-state index in [-0.39, 0.29) is 28.6 Å². The fourth-order valence-corrected chi connectivity index (χ4v) is 4.97. The van der Waals surface area contributed by atoms with E-state index in [9.17, 15) is 13.2 Å². The molecule has 1 aliphatic heterocycles. The Hall–Kier alpha value is -1.09. The maximum atomic E-state index is 11.9. The Bertz CT molecular complexity index is 654. The smallest absolute Gasteiger partial charge is 0.277 e. The van der Waals surface area contributed by atoms with E-state index < -0.39 is 9.84 Å². The number of nitrogens with one attached hydrogen (secondary N) is 1. The van der Waals surface area contributed by atoms with E-state index in [1.165, 1.54) is 11.8 Å². The SMILES string of the molecule is C[C@@H](Sc1nnc(C[C@H]2CCS(=O)(=O)C2)o1)C(=O)NC1CC1. The summed E-state index contributed by atoms with van der Waals surface area (Å²) in [4.78, 5) is 11.9. The average molecular weight is 345 g/mol. The normalized spacial score (nSPS) is 25.0. The Labute approximate surface area is 133 Å². The summed E-state index contributed by atoms with van der Waals surface area (Å²) in [5, 5.41) is 10.9. The van der Waals surface area contributed by atoms with Gasteiger partial charge in [0.15, 0.2) is 9.84 Å². The molecular formula is C13H19N3O4S2. The first kappa shape index (κ1) is 15.8. The standard InChI is InChI=1S/C13H19N3O4S2/c1-8(12(17)14-10-2-3-10)21-13-16-15-11(20-13)6-9-4-5-22(18,19)7-9/h8-10H,2-7H2,1H3,(H,14,17)/t8-,9-/m1/s1. The zero-order chi connectivity index (χ0) is 15.7. The van der Waals surface area contributed by atoms with E-state index in [0.29, 0.717) is 30.0 Å². The highest BCUT2D eigenvalue weighted by Crippen LogP contribution is 2.26. The number of aromatic nitrogens is 2. The van der Waals surface area contributed by atoms with Crippen LogP contribution in [0.15, 0.2) is 9.64 Å². The molecule has 122 valence electrons. The lowest BCUT2D eigenvalue weighted by Gasteiger charge is -2.08. The molecule has 1 aromatic rings. The van der Waals surface area contributed by atoms with Crippen LogP contribution in [0.25, 0.3) is 0 Å². The predicted molar refractivity (Wildman–Crippen MR) is 81.2 cm³/mol. The molecule has 0 bridgehead atoms. The zero-order valence-corrected chi connectivity index (χ0v) is 14.0. The maximum Gasteiger partial charge on any atom is 0.277 e. The van der Waals surface area contributed by atoms with Crippen molar-refractivity contribution in [1.29, 1.82) is 0 Å². The van der Waals surface area contributed by atoms with Gasteiger partial charge in [-0.2, -0.15) is 0 Å². The number of rotatable bonds is 6. The van der Waals surface area contributed by atoms with Gasteiger partial charge in [0.05, 0.1) is 16.8 Å². The third-order valence-electron chi connectivity index (χ3n) is 3.81. The molecule has 1 amide bonds. The second-order valence-corrected chi connectivity index (χ2v) is 9.50. The van der Waals surface area contributed by atoms with Crippen LogP contribution in [0.3, 0.4) is 0 Å². The van der Waals surface area contributed by atoms with Gasteiger partial charge in [0.1, 0.15) is 0 Å². The number of hydrogen-bond acceptors (Lipinski definition) is 7. The molecule has 0 spiro atoms. The van der Waals surface area contributed by atoms with E-state index in [1.54, 1.807) is 6.92 Å².